The minimum absolute atomic E-state index is 0.0438. The Balaban J connectivity index is 1.14. The average molecular weight is 436 g/mol. The molecule has 4 heterocycles. The predicted molar refractivity (Wildman–Crippen MR) is 117 cm³/mol. The highest BCUT2D eigenvalue weighted by Crippen LogP contribution is 2.29. The van der Waals surface area contributed by atoms with Gasteiger partial charge in [-0.05, 0) is 62.1 Å². The number of hydrogen-bond donors (Lipinski definition) is 0. The molecule has 5 rings (SSSR count). The Hall–Kier alpha value is -3.29. The van der Waals surface area contributed by atoms with Gasteiger partial charge >= 0.3 is 0 Å². The molecule has 2 fully saturated rings. The van der Waals surface area contributed by atoms with E-state index in [-0.39, 0.29) is 23.5 Å². The highest BCUT2D eigenvalue weighted by atomic mass is 19.1. The number of benzene rings is 1. The van der Waals surface area contributed by atoms with E-state index < -0.39 is 0 Å². The van der Waals surface area contributed by atoms with E-state index >= 15 is 0 Å². The minimum Gasteiger partial charge on any atom is -0.342 e. The first-order valence-corrected chi connectivity index (χ1v) is 11.2. The number of nitrogens with zero attached hydrogens (tertiary/aromatic N) is 5. The molecule has 166 valence electrons. The lowest BCUT2D eigenvalue weighted by Gasteiger charge is -2.37. The second-order valence-electron chi connectivity index (χ2n) is 8.66. The van der Waals surface area contributed by atoms with Crippen LogP contribution in [0.2, 0.25) is 0 Å². The number of aromatic nitrogens is 3. The van der Waals surface area contributed by atoms with Crippen LogP contribution >= 0.6 is 0 Å². The molecule has 3 aromatic rings. The van der Waals surface area contributed by atoms with Gasteiger partial charge in [0.05, 0.1) is 0 Å². The Morgan fingerprint density at radius 1 is 0.844 bits per heavy atom. The minimum atomic E-state index is -0.355. The summed E-state index contributed by atoms with van der Waals surface area (Å²) in [5.41, 5.74) is 1.34. The van der Waals surface area contributed by atoms with E-state index in [2.05, 4.69) is 10.2 Å². The van der Waals surface area contributed by atoms with Gasteiger partial charge in [0.1, 0.15) is 11.6 Å². The summed E-state index contributed by atoms with van der Waals surface area (Å²) in [7, 11) is 0. The van der Waals surface area contributed by atoms with Crippen molar-refractivity contribution in [3.05, 3.63) is 65.9 Å². The summed E-state index contributed by atoms with van der Waals surface area (Å²) in [4.78, 5) is 29.5. The Labute approximate surface area is 185 Å². The van der Waals surface area contributed by atoms with Crippen LogP contribution in [0.4, 0.5) is 4.39 Å². The van der Waals surface area contributed by atoms with Gasteiger partial charge in [0.2, 0.25) is 5.91 Å². The maximum Gasteiger partial charge on any atom is 0.253 e. The van der Waals surface area contributed by atoms with Crippen molar-refractivity contribution >= 4 is 17.5 Å². The fourth-order valence-corrected chi connectivity index (χ4v) is 4.86. The van der Waals surface area contributed by atoms with E-state index in [0.717, 1.165) is 37.4 Å². The lowest BCUT2D eigenvalue weighted by atomic mass is 9.91. The fourth-order valence-electron chi connectivity index (χ4n) is 4.86. The summed E-state index contributed by atoms with van der Waals surface area (Å²) in [6.45, 7) is 2.55. The molecule has 0 bridgehead atoms. The molecule has 0 unspecified atom stereocenters. The number of hydrogen-bond acceptors (Lipinski definition) is 4. The number of amides is 2. The third-order valence-corrected chi connectivity index (χ3v) is 6.73. The molecule has 8 heteroatoms. The highest BCUT2D eigenvalue weighted by molar-refractivity contribution is 5.94. The van der Waals surface area contributed by atoms with Gasteiger partial charge in [-0.15, -0.1) is 10.2 Å². The number of carbonyl (C=O) groups excluding carboxylic acids is 2. The fraction of sp³-hybridized carbons (Fsp3) is 0.417. The van der Waals surface area contributed by atoms with Gasteiger partial charge in [-0.3, -0.25) is 14.0 Å². The summed E-state index contributed by atoms with van der Waals surface area (Å²) in [6, 6.07) is 11.5. The zero-order valence-corrected chi connectivity index (χ0v) is 17.9. The lowest BCUT2D eigenvalue weighted by molar-refractivity contribution is -0.138. The molecule has 32 heavy (non-hydrogen) atoms. The van der Waals surface area contributed by atoms with Crippen molar-refractivity contribution in [3.63, 3.8) is 0 Å². The average Bonchev–Trinajstić information content (AvgIpc) is 3.28. The van der Waals surface area contributed by atoms with Gasteiger partial charge in [-0.2, -0.15) is 0 Å². The number of pyridine rings is 1. The number of carbonyl (C=O) groups is 2. The largest absolute Gasteiger partial charge is 0.342 e. The van der Waals surface area contributed by atoms with Crippen LogP contribution < -0.4 is 0 Å². The van der Waals surface area contributed by atoms with E-state index in [1.807, 2.05) is 33.7 Å². The van der Waals surface area contributed by atoms with Gasteiger partial charge in [0, 0.05) is 49.8 Å². The van der Waals surface area contributed by atoms with Gasteiger partial charge < -0.3 is 9.80 Å². The molecule has 1 aromatic carbocycles. The van der Waals surface area contributed by atoms with Crippen LogP contribution in [0.1, 0.15) is 47.8 Å². The summed E-state index contributed by atoms with van der Waals surface area (Å²) < 4.78 is 15.1. The lowest BCUT2D eigenvalue weighted by Crippen LogP contribution is -2.46. The quantitative estimate of drug-likeness (QED) is 0.634. The predicted octanol–water partition coefficient (Wildman–Crippen LogP) is 3.13. The number of rotatable bonds is 3. The number of fused-ring (bicyclic) bond motifs is 1. The van der Waals surface area contributed by atoms with E-state index in [1.54, 1.807) is 4.90 Å². The molecule has 0 radical (unpaired) electrons. The molecule has 0 spiro atoms. The third kappa shape index (κ3) is 3.97. The Morgan fingerprint density at radius 3 is 2.25 bits per heavy atom. The van der Waals surface area contributed by atoms with Crippen molar-refractivity contribution in [2.24, 2.45) is 5.92 Å². The van der Waals surface area contributed by atoms with Crippen LogP contribution in [0.3, 0.4) is 0 Å². The molecule has 7 nitrogen and oxygen atoms in total. The van der Waals surface area contributed by atoms with Crippen molar-refractivity contribution in [1.29, 1.82) is 0 Å². The molecule has 0 atom stereocenters. The molecule has 2 amide bonds. The first-order valence-electron chi connectivity index (χ1n) is 11.2. The summed E-state index contributed by atoms with van der Waals surface area (Å²) >= 11 is 0. The second-order valence-corrected chi connectivity index (χ2v) is 8.66. The van der Waals surface area contributed by atoms with E-state index in [4.69, 9.17) is 0 Å². The van der Waals surface area contributed by atoms with Crippen LogP contribution in [0.15, 0.2) is 48.7 Å². The van der Waals surface area contributed by atoms with Gasteiger partial charge in [0.15, 0.2) is 5.65 Å². The number of likely N-dealkylation sites (tertiary alicyclic amines) is 2. The van der Waals surface area contributed by atoms with Crippen molar-refractivity contribution in [2.75, 3.05) is 26.2 Å². The standard InChI is InChI=1S/C24H26FN5O2/c25-20-6-4-18(5-7-20)23(31)29-15-10-19(11-16-29)24(32)28-13-8-17(9-14-28)22-27-26-21-3-1-2-12-30(21)22/h1-7,12,17,19H,8-11,13-16H2. The molecule has 2 aliphatic rings. The zero-order chi connectivity index (χ0) is 22.1. The van der Waals surface area contributed by atoms with Crippen molar-refractivity contribution in [3.8, 4) is 0 Å². The molecule has 2 saturated heterocycles. The molecule has 0 saturated carbocycles. The molecule has 2 aromatic heterocycles. The van der Waals surface area contributed by atoms with Crippen LogP contribution in [0, 0.1) is 11.7 Å². The van der Waals surface area contributed by atoms with Crippen molar-refractivity contribution < 1.29 is 14.0 Å². The summed E-state index contributed by atoms with van der Waals surface area (Å²) in [5.74, 6) is 0.970. The Morgan fingerprint density at radius 2 is 1.53 bits per heavy atom. The van der Waals surface area contributed by atoms with Gasteiger partial charge in [-0.25, -0.2) is 4.39 Å². The van der Waals surface area contributed by atoms with Crippen LogP contribution in [0.5, 0.6) is 0 Å². The van der Waals surface area contributed by atoms with Gasteiger partial charge in [-0.1, -0.05) is 6.07 Å². The topological polar surface area (TPSA) is 70.8 Å². The maximum atomic E-state index is 13.1. The summed E-state index contributed by atoms with van der Waals surface area (Å²) in [6.07, 6.45) is 5.08. The van der Waals surface area contributed by atoms with E-state index in [1.165, 1.54) is 24.3 Å². The molecular weight excluding hydrogens is 409 g/mol. The second kappa shape index (κ2) is 8.68. The van der Waals surface area contributed by atoms with E-state index in [9.17, 15) is 14.0 Å². The van der Waals surface area contributed by atoms with Crippen LogP contribution in [0.25, 0.3) is 5.65 Å². The van der Waals surface area contributed by atoms with Gasteiger partial charge in [0.25, 0.3) is 5.91 Å². The van der Waals surface area contributed by atoms with E-state index in [0.29, 0.717) is 37.4 Å². The number of halogens is 1. The molecule has 0 aliphatic carbocycles. The molecule has 0 N–H and O–H groups in total. The molecular formula is C24H26FN5O2. The van der Waals surface area contributed by atoms with Crippen molar-refractivity contribution in [1.82, 2.24) is 24.4 Å². The van der Waals surface area contributed by atoms with Crippen molar-refractivity contribution in [2.45, 2.75) is 31.6 Å². The molecule has 2 aliphatic heterocycles. The maximum absolute atomic E-state index is 13.1. The monoisotopic (exact) mass is 435 g/mol. The van der Waals surface area contributed by atoms with Crippen LogP contribution in [-0.2, 0) is 4.79 Å². The Bertz CT molecular complexity index is 1110. The SMILES string of the molecule is O=C(c1ccc(F)cc1)N1CCC(C(=O)N2CCC(c3nnc4ccccn34)CC2)CC1. The number of piperidine rings is 2. The highest BCUT2D eigenvalue weighted by Gasteiger charge is 2.33. The first kappa shape index (κ1) is 20.6. The zero-order valence-electron chi connectivity index (χ0n) is 17.9. The first-order chi connectivity index (χ1) is 15.6. The summed E-state index contributed by atoms with van der Waals surface area (Å²) in [5, 5.41) is 8.64. The normalized spacial score (nSPS) is 18.3. The van der Waals surface area contributed by atoms with Crippen LogP contribution in [-0.4, -0.2) is 62.4 Å². The smallest absolute Gasteiger partial charge is 0.253 e. The Kier molecular flexibility index (Phi) is 5.59. The third-order valence-electron chi connectivity index (χ3n) is 6.73.